The Morgan fingerprint density at radius 1 is 1.24 bits per heavy atom. The average Bonchev–Trinajstić information content (AvgIpc) is 3.04. The normalized spacial score (nSPS) is 16.2. The topological polar surface area (TPSA) is 33.2 Å². The molecule has 1 fully saturated rings. The second kappa shape index (κ2) is 5.89. The Hall–Kier alpha value is -1.82. The van der Waals surface area contributed by atoms with Crippen LogP contribution in [0.15, 0.2) is 29.8 Å². The molecule has 0 spiro atoms. The highest BCUT2D eigenvalue weighted by atomic mass is 32.1. The SMILES string of the molecule is O=C(c1ccc(F)c(F)c1)N1CCC(c2nccs2)CC1. The third-order valence-corrected chi connectivity index (χ3v) is 4.69. The van der Waals surface area contributed by atoms with Crippen molar-refractivity contribution in [3.05, 3.63) is 52.0 Å². The number of carbonyl (C=O) groups is 1. The van der Waals surface area contributed by atoms with Gasteiger partial charge in [0.1, 0.15) is 0 Å². The number of benzene rings is 1. The number of halogens is 2. The summed E-state index contributed by atoms with van der Waals surface area (Å²) in [6.07, 6.45) is 3.49. The molecule has 0 bridgehead atoms. The van der Waals surface area contributed by atoms with Gasteiger partial charge >= 0.3 is 0 Å². The van der Waals surface area contributed by atoms with Crippen LogP contribution in [-0.4, -0.2) is 28.9 Å². The molecule has 2 aromatic rings. The Morgan fingerprint density at radius 3 is 2.62 bits per heavy atom. The summed E-state index contributed by atoms with van der Waals surface area (Å²) in [6.45, 7) is 1.23. The highest BCUT2D eigenvalue weighted by molar-refractivity contribution is 7.09. The average molecular weight is 308 g/mol. The van der Waals surface area contributed by atoms with E-state index in [-0.39, 0.29) is 11.5 Å². The summed E-state index contributed by atoms with van der Waals surface area (Å²) in [6, 6.07) is 3.28. The van der Waals surface area contributed by atoms with Crippen molar-refractivity contribution in [1.82, 2.24) is 9.88 Å². The standard InChI is InChI=1S/C15H14F2N2OS/c16-12-2-1-11(9-13(12)17)15(20)19-6-3-10(4-7-19)14-18-5-8-21-14/h1-2,5,8-10H,3-4,6-7H2. The summed E-state index contributed by atoms with van der Waals surface area (Å²) in [5, 5.41) is 3.06. The van der Waals surface area contributed by atoms with E-state index in [1.165, 1.54) is 6.07 Å². The summed E-state index contributed by atoms with van der Waals surface area (Å²) in [7, 11) is 0. The highest BCUT2D eigenvalue weighted by Crippen LogP contribution is 2.29. The molecule has 1 saturated heterocycles. The molecule has 1 aliphatic rings. The van der Waals surface area contributed by atoms with Crippen LogP contribution in [0.3, 0.4) is 0 Å². The maximum absolute atomic E-state index is 13.2. The molecule has 1 aromatic carbocycles. The Kier molecular flexibility index (Phi) is 3.96. The van der Waals surface area contributed by atoms with E-state index >= 15 is 0 Å². The van der Waals surface area contributed by atoms with E-state index in [2.05, 4.69) is 4.98 Å². The quantitative estimate of drug-likeness (QED) is 0.851. The van der Waals surface area contributed by atoms with Gasteiger partial charge in [-0.1, -0.05) is 0 Å². The van der Waals surface area contributed by atoms with Crippen molar-refractivity contribution in [2.24, 2.45) is 0 Å². The van der Waals surface area contributed by atoms with Crippen LogP contribution in [-0.2, 0) is 0 Å². The molecule has 3 rings (SSSR count). The Bertz CT molecular complexity index is 637. The van der Waals surface area contributed by atoms with E-state index in [1.807, 2.05) is 5.38 Å². The van der Waals surface area contributed by atoms with Crippen molar-refractivity contribution in [3.8, 4) is 0 Å². The van der Waals surface area contributed by atoms with Gasteiger partial charge < -0.3 is 4.90 Å². The molecular weight excluding hydrogens is 294 g/mol. The van der Waals surface area contributed by atoms with Crippen molar-refractivity contribution in [2.45, 2.75) is 18.8 Å². The molecule has 0 aliphatic carbocycles. The number of hydrogen-bond donors (Lipinski definition) is 0. The zero-order chi connectivity index (χ0) is 14.8. The fourth-order valence-corrected chi connectivity index (χ4v) is 3.39. The third kappa shape index (κ3) is 2.95. The van der Waals surface area contributed by atoms with Crippen LogP contribution in [0, 0.1) is 11.6 Å². The second-order valence-corrected chi connectivity index (χ2v) is 5.99. The fraction of sp³-hybridized carbons (Fsp3) is 0.333. The Balaban J connectivity index is 1.66. The maximum atomic E-state index is 13.2. The molecule has 1 amide bonds. The largest absolute Gasteiger partial charge is 0.339 e. The summed E-state index contributed by atoms with van der Waals surface area (Å²) in [4.78, 5) is 18.3. The van der Waals surface area contributed by atoms with E-state index in [9.17, 15) is 13.6 Å². The first-order valence-corrected chi connectivity index (χ1v) is 7.67. The number of piperidine rings is 1. The second-order valence-electron chi connectivity index (χ2n) is 5.07. The number of hydrogen-bond acceptors (Lipinski definition) is 3. The summed E-state index contributed by atoms with van der Waals surface area (Å²) >= 11 is 1.63. The summed E-state index contributed by atoms with van der Waals surface area (Å²) in [5.41, 5.74) is 0.196. The van der Waals surface area contributed by atoms with Crippen LogP contribution in [0.5, 0.6) is 0 Å². The van der Waals surface area contributed by atoms with E-state index in [0.29, 0.717) is 19.0 Å². The van der Waals surface area contributed by atoms with Crippen LogP contribution < -0.4 is 0 Å². The lowest BCUT2D eigenvalue weighted by Gasteiger charge is -2.31. The summed E-state index contributed by atoms with van der Waals surface area (Å²) < 4.78 is 26.1. The number of likely N-dealkylation sites (tertiary alicyclic amines) is 1. The summed E-state index contributed by atoms with van der Waals surface area (Å²) in [5.74, 6) is -1.78. The number of aromatic nitrogens is 1. The monoisotopic (exact) mass is 308 g/mol. The lowest BCUT2D eigenvalue weighted by Crippen LogP contribution is -2.38. The number of nitrogens with zero attached hydrogens (tertiary/aromatic N) is 2. The van der Waals surface area contributed by atoms with Gasteiger partial charge in [-0.3, -0.25) is 4.79 Å². The Morgan fingerprint density at radius 2 is 2.00 bits per heavy atom. The van der Waals surface area contributed by atoms with Gasteiger partial charge in [0.15, 0.2) is 11.6 Å². The zero-order valence-corrected chi connectivity index (χ0v) is 12.1. The van der Waals surface area contributed by atoms with Crippen molar-refractivity contribution in [2.75, 3.05) is 13.1 Å². The molecular formula is C15H14F2N2OS. The number of thiazole rings is 1. The molecule has 0 N–H and O–H groups in total. The van der Waals surface area contributed by atoms with Gasteiger partial charge in [-0.2, -0.15) is 0 Å². The lowest BCUT2D eigenvalue weighted by atomic mass is 9.97. The zero-order valence-electron chi connectivity index (χ0n) is 11.3. The third-order valence-electron chi connectivity index (χ3n) is 3.75. The molecule has 110 valence electrons. The predicted octanol–water partition coefficient (Wildman–Crippen LogP) is 3.44. The minimum Gasteiger partial charge on any atom is -0.339 e. The molecule has 0 unspecified atom stereocenters. The molecule has 2 heterocycles. The van der Waals surface area contributed by atoms with Crippen molar-refractivity contribution < 1.29 is 13.6 Å². The minimum absolute atomic E-state index is 0.196. The first-order valence-electron chi connectivity index (χ1n) is 6.79. The molecule has 0 radical (unpaired) electrons. The number of amides is 1. The van der Waals surface area contributed by atoms with Crippen molar-refractivity contribution in [3.63, 3.8) is 0 Å². The van der Waals surface area contributed by atoms with Gasteiger partial charge in [0, 0.05) is 36.1 Å². The first kappa shape index (κ1) is 14.1. The van der Waals surface area contributed by atoms with E-state index in [0.717, 1.165) is 30.0 Å². The molecule has 1 aliphatic heterocycles. The van der Waals surface area contributed by atoms with Gasteiger partial charge in [0.25, 0.3) is 5.91 Å². The van der Waals surface area contributed by atoms with Gasteiger partial charge in [-0.25, -0.2) is 13.8 Å². The molecule has 0 saturated carbocycles. The fourth-order valence-electron chi connectivity index (χ4n) is 2.58. The first-order chi connectivity index (χ1) is 10.1. The van der Waals surface area contributed by atoms with E-state index in [1.54, 1.807) is 22.4 Å². The molecule has 3 nitrogen and oxygen atoms in total. The Labute approximate surface area is 125 Å². The van der Waals surface area contributed by atoms with Crippen LogP contribution in [0.1, 0.15) is 34.1 Å². The minimum atomic E-state index is -0.987. The van der Waals surface area contributed by atoms with Gasteiger partial charge in [0.05, 0.1) is 5.01 Å². The van der Waals surface area contributed by atoms with Crippen molar-refractivity contribution >= 4 is 17.2 Å². The number of carbonyl (C=O) groups excluding carboxylic acids is 1. The van der Waals surface area contributed by atoms with Crippen LogP contribution >= 0.6 is 11.3 Å². The molecule has 21 heavy (non-hydrogen) atoms. The van der Waals surface area contributed by atoms with E-state index < -0.39 is 11.6 Å². The van der Waals surface area contributed by atoms with Crippen molar-refractivity contribution in [1.29, 1.82) is 0 Å². The van der Waals surface area contributed by atoms with Gasteiger partial charge in [-0.05, 0) is 31.0 Å². The van der Waals surface area contributed by atoms with E-state index in [4.69, 9.17) is 0 Å². The lowest BCUT2D eigenvalue weighted by molar-refractivity contribution is 0.0712. The maximum Gasteiger partial charge on any atom is 0.253 e. The predicted molar refractivity (Wildman–Crippen MR) is 76.4 cm³/mol. The van der Waals surface area contributed by atoms with Gasteiger partial charge in [-0.15, -0.1) is 11.3 Å². The smallest absolute Gasteiger partial charge is 0.253 e. The van der Waals surface area contributed by atoms with Crippen LogP contribution in [0.25, 0.3) is 0 Å². The molecule has 6 heteroatoms. The molecule has 1 aromatic heterocycles. The molecule has 0 atom stereocenters. The van der Waals surface area contributed by atoms with Crippen LogP contribution in [0.2, 0.25) is 0 Å². The number of rotatable bonds is 2. The van der Waals surface area contributed by atoms with Crippen LogP contribution in [0.4, 0.5) is 8.78 Å². The highest BCUT2D eigenvalue weighted by Gasteiger charge is 2.26. The van der Waals surface area contributed by atoms with Gasteiger partial charge in [0.2, 0.25) is 0 Å².